The second kappa shape index (κ2) is 3.06. The van der Waals surface area contributed by atoms with Gasteiger partial charge < -0.3 is 9.57 Å². The minimum absolute atomic E-state index is 0.137. The Morgan fingerprint density at radius 3 is 3.30 bits per heavy atom. The monoisotopic (exact) mass is 140 g/mol. The third-order valence-electron chi connectivity index (χ3n) is 1.11. The molecule has 1 aliphatic heterocycles. The van der Waals surface area contributed by atoms with Gasteiger partial charge in [-0.3, -0.25) is 0 Å². The normalized spacial score (nSPS) is 23.6. The molecule has 0 fully saturated rings. The van der Waals surface area contributed by atoms with Gasteiger partial charge in [-0.1, -0.05) is 5.16 Å². The second-order valence-electron chi connectivity index (χ2n) is 2.01. The number of hydrogen-bond acceptors (Lipinski definition) is 4. The van der Waals surface area contributed by atoms with Gasteiger partial charge in [-0.2, -0.15) is 5.26 Å². The van der Waals surface area contributed by atoms with Crippen molar-refractivity contribution in [2.24, 2.45) is 5.16 Å². The van der Waals surface area contributed by atoms with E-state index in [0.717, 1.165) is 0 Å². The van der Waals surface area contributed by atoms with E-state index in [4.69, 9.17) is 14.8 Å². The topological polar surface area (TPSA) is 54.6 Å². The molecule has 1 atom stereocenters. The van der Waals surface area contributed by atoms with E-state index in [0.29, 0.717) is 18.9 Å². The van der Waals surface area contributed by atoms with Crippen LogP contribution in [0.4, 0.5) is 0 Å². The fraction of sp³-hybridized carbons (Fsp3) is 0.667. The lowest BCUT2D eigenvalue weighted by Crippen LogP contribution is -2.25. The van der Waals surface area contributed by atoms with Crippen molar-refractivity contribution in [1.29, 1.82) is 5.26 Å². The summed E-state index contributed by atoms with van der Waals surface area (Å²) in [6.07, 6.45) is 0.217. The highest BCUT2D eigenvalue weighted by Crippen LogP contribution is 2.05. The van der Waals surface area contributed by atoms with Crippen LogP contribution in [-0.2, 0) is 9.57 Å². The fourth-order valence-corrected chi connectivity index (χ4v) is 0.710. The highest BCUT2D eigenvalue weighted by atomic mass is 16.7. The van der Waals surface area contributed by atoms with Gasteiger partial charge >= 0.3 is 0 Å². The van der Waals surface area contributed by atoms with Crippen LogP contribution in [0.1, 0.15) is 13.3 Å². The summed E-state index contributed by atoms with van der Waals surface area (Å²) in [7, 11) is 0. The van der Waals surface area contributed by atoms with Crippen LogP contribution in [0.15, 0.2) is 5.16 Å². The third-order valence-corrected chi connectivity index (χ3v) is 1.11. The van der Waals surface area contributed by atoms with Gasteiger partial charge in [0.05, 0.1) is 12.5 Å². The SMILES string of the molecule is CC1=NOCC(CC#N)O1. The Kier molecular flexibility index (Phi) is 2.11. The largest absolute Gasteiger partial charge is 0.471 e. The van der Waals surface area contributed by atoms with Gasteiger partial charge in [-0.05, 0) is 0 Å². The molecule has 0 aromatic carbocycles. The predicted molar refractivity (Wildman–Crippen MR) is 34.2 cm³/mol. The molecule has 1 unspecified atom stereocenters. The van der Waals surface area contributed by atoms with E-state index < -0.39 is 0 Å². The Morgan fingerprint density at radius 2 is 2.70 bits per heavy atom. The lowest BCUT2D eigenvalue weighted by atomic mass is 10.3. The van der Waals surface area contributed by atoms with Crippen molar-refractivity contribution in [1.82, 2.24) is 0 Å². The van der Waals surface area contributed by atoms with Crippen molar-refractivity contribution >= 4 is 5.90 Å². The Morgan fingerprint density at radius 1 is 1.90 bits per heavy atom. The molecule has 0 aromatic rings. The van der Waals surface area contributed by atoms with Gasteiger partial charge in [0.25, 0.3) is 0 Å². The van der Waals surface area contributed by atoms with Crippen molar-refractivity contribution < 1.29 is 9.57 Å². The maximum Gasteiger partial charge on any atom is 0.222 e. The van der Waals surface area contributed by atoms with Crippen molar-refractivity contribution in [3.05, 3.63) is 0 Å². The highest BCUT2D eigenvalue weighted by molar-refractivity contribution is 5.72. The highest BCUT2D eigenvalue weighted by Gasteiger charge is 2.15. The van der Waals surface area contributed by atoms with Gasteiger partial charge in [0.15, 0.2) is 6.61 Å². The summed E-state index contributed by atoms with van der Waals surface area (Å²) in [5.74, 6) is 0.492. The van der Waals surface area contributed by atoms with Crippen molar-refractivity contribution in [2.45, 2.75) is 19.4 Å². The molecule has 0 bridgehead atoms. The van der Waals surface area contributed by atoms with Gasteiger partial charge in [0, 0.05) is 6.92 Å². The van der Waals surface area contributed by atoms with Gasteiger partial charge in [-0.15, -0.1) is 0 Å². The van der Waals surface area contributed by atoms with E-state index in [9.17, 15) is 0 Å². The lowest BCUT2D eigenvalue weighted by molar-refractivity contribution is 0.0114. The van der Waals surface area contributed by atoms with E-state index in [-0.39, 0.29) is 6.10 Å². The Bertz CT molecular complexity index is 183. The summed E-state index contributed by atoms with van der Waals surface area (Å²) in [6, 6.07) is 2.00. The number of nitrogens with zero attached hydrogens (tertiary/aromatic N) is 2. The lowest BCUT2D eigenvalue weighted by Gasteiger charge is -2.18. The molecule has 54 valence electrons. The van der Waals surface area contributed by atoms with Crippen LogP contribution in [-0.4, -0.2) is 18.6 Å². The second-order valence-corrected chi connectivity index (χ2v) is 2.01. The molecule has 0 amide bonds. The van der Waals surface area contributed by atoms with E-state index in [1.54, 1.807) is 6.92 Å². The average molecular weight is 140 g/mol. The van der Waals surface area contributed by atoms with Crippen LogP contribution >= 0.6 is 0 Å². The van der Waals surface area contributed by atoms with Crippen LogP contribution in [0.3, 0.4) is 0 Å². The van der Waals surface area contributed by atoms with Crippen LogP contribution in [0.5, 0.6) is 0 Å². The smallest absolute Gasteiger partial charge is 0.222 e. The first-order valence-electron chi connectivity index (χ1n) is 3.03. The zero-order valence-electron chi connectivity index (χ0n) is 5.70. The Hall–Kier alpha value is -1.24. The van der Waals surface area contributed by atoms with Crippen molar-refractivity contribution in [3.63, 3.8) is 0 Å². The fourth-order valence-electron chi connectivity index (χ4n) is 0.710. The van der Waals surface area contributed by atoms with Crippen molar-refractivity contribution in [2.75, 3.05) is 6.61 Å². The molecule has 0 N–H and O–H groups in total. The molecule has 0 radical (unpaired) electrons. The average Bonchev–Trinajstić information content (AvgIpc) is 1.88. The predicted octanol–water partition coefficient (Wildman–Crippen LogP) is 0.649. The van der Waals surface area contributed by atoms with Crippen LogP contribution in [0, 0.1) is 11.3 Å². The molecule has 0 saturated heterocycles. The van der Waals surface area contributed by atoms with Gasteiger partial charge in [-0.25, -0.2) is 0 Å². The molecule has 4 nitrogen and oxygen atoms in total. The van der Waals surface area contributed by atoms with Gasteiger partial charge in [0.2, 0.25) is 5.90 Å². The molecule has 1 aliphatic rings. The van der Waals surface area contributed by atoms with Crippen molar-refractivity contribution in [3.8, 4) is 6.07 Å². The van der Waals surface area contributed by atoms with E-state index >= 15 is 0 Å². The first-order valence-corrected chi connectivity index (χ1v) is 3.03. The molecule has 10 heavy (non-hydrogen) atoms. The quantitative estimate of drug-likeness (QED) is 0.537. The molecular formula is C6H8N2O2. The van der Waals surface area contributed by atoms with E-state index in [2.05, 4.69) is 5.16 Å². The molecule has 1 heterocycles. The summed E-state index contributed by atoms with van der Waals surface area (Å²) >= 11 is 0. The van der Waals surface area contributed by atoms with Gasteiger partial charge in [0.1, 0.15) is 6.10 Å². The molecule has 0 spiro atoms. The minimum atomic E-state index is -0.137. The summed E-state index contributed by atoms with van der Waals surface area (Å²) < 4.78 is 5.13. The van der Waals surface area contributed by atoms with E-state index in [1.165, 1.54) is 0 Å². The zero-order chi connectivity index (χ0) is 7.40. The summed E-state index contributed by atoms with van der Waals surface area (Å²) in [5, 5.41) is 11.8. The maximum absolute atomic E-state index is 8.28. The summed E-state index contributed by atoms with van der Waals surface area (Å²) in [5.41, 5.74) is 0. The Labute approximate surface area is 59.0 Å². The van der Waals surface area contributed by atoms with E-state index in [1.807, 2.05) is 6.07 Å². The zero-order valence-corrected chi connectivity index (χ0v) is 5.70. The number of hydrogen-bond donors (Lipinski definition) is 0. The van der Waals surface area contributed by atoms with Crippen LogP contribution < -0.4 is 0 Å². The molecule has 1 rings (SSSR count). The molecule has 0 aromatic heterocycles. The number of ether oxygens (including phenoxy) is 1. The molecular weight excluding hydrogens is 132 g/mol. The molecule has 0 aliphatic carbocycles. The summed E-state index contributed by atoms with van der Waals surface area (Å²) in [6.45, 7) is 2.08. The molecule has 0 saturated carbocycles. The first-order chi connectivity index (χ1) is 4.83. The van der Waals surface area contributed by atoms with Crippen LogP contribution in [0.25, 0.3) is 0 Å². The maximum atomic E-state index is 8.28. The number of oxime groups is 1. The number of nitriles is 1. The summed E-state index contributed by atoms with van der Waals surface area (Å²) in [4.78, 5) is 4.76. The minimum Gasteiger partial charge on any atom is -0.471 e. The first kappa shape index (κ1) is 6.87. The number of rotatable bonds is 1. The van der Waals surface area contributed by atoms with Crippen LogP contribution in [0.2, 0.25) is 0 Å². The Balaban J connectivity index is 2.39. The molecule has 4 heteroatoms. The third kappa shape index (κ3) is 1.62. The standard InChI is InChI=1S/C6H8N2O2/c1-5-8-9-4-6(10-5)2-3-7/h6H,2,4H2,1H3.